The van der Waals surface area contributed by atoms with E-state index in [1.54, 1.807) is 0 Å². The number of nitrogens with one attached hydrogen (secondary N) is 1. The van der Waals surface area contributed by atoms with Crippen LogP contribution in [0.25, 0.3) is 0 Å². The molecular formula is C23H25NO6. The van der Waals surface area contributed by atoms with Crippen molar-refractivity contribution in [1.29, 1.82) is 0 Å². The molecule has 158 valence electrons. The van der Waals surface area contributed by atoms with E-state index in [0.29, 0.717) is 36.6 Å². The van der Waals surface area contributed by atoms with Crippen molar-refractivity contribution in [2.24, 2.45) is 0 Å². The Morgan fingerprint density at radius 3 is 2.77 bits per heavy atom. The van der Waals surface area contributed by atoms with Crippen LogP contribution in [0.3, 0.4) is 0 Å². The van der Waals surface area contributed by atoms with Gasteiger partial charge < -0.3 is 29.4 Å². The molecule has 4 rings (SSSR count). The lowest BCUT2D eigenvalue weighted by atomic mass is 9.92. The number of para-hydroxylation sites is 1. The Balaban J connectivity index is 1.52. The number of carbonyl (C=O) groups is 1. The SMILES string of the molecule is O=C(Nc1ccccc1)C1=C[C@H](c2ccc3c(c2)OCO3)C[C@H](OCCCCO)O1. The van der Waals surface area contributed by atoms with Crippen LogP contribution in [0.1, 0.15) is 30.7 Å². The molecule has 2 aromatic rings. The second kappa shape index (κ2) is 9.65. The van der Waals surface area contributed by atoms with Crippen LogP contribution in [-0.2, 0) is 14.3 Å². The van der Waals surface area contributed by atoms with E-state index in [4.69, 9.17) is 24.1 Å². The largest absolute Gasteiger partial charge is 0.459 e. The minimum atomic E-state index is -0.555. The number of ether oxygens (including phenoxy) is 4. The lowest BCUT2D eigenvalue weighted by Crippen LogP contribution is -2.29. The third-order valence-electron chi connectivity index (χ3n) is 4.99. The molecule has 30 heavy (non-hydrogen) atoms. The van der Waals surface area contributed by atoms with Gasteiger partial charge in [-0.25, -0.2) is 0 Å². The van der Waals surface area contributed by atoms with Crippen LogP contribution in [0.4, 0.5) is 5.69 Å². The first kappa shape index (κ1) is 20.3. The summed E-state index contributed by atoms with van der Waals surface area (Å²) in [6.45, 7) is 0.787. The van der Waals surface area contributed by atoms with E-state index in [2.05, 4.69) is 5.32 Å². The van der Waals surface area contributed by atoms with E-state index in [0.717, 1.165) is 12.0 Å². The van der Waals surface area contributed by atoms with Crippen LogP contribution < -0.4 is 14.8 Å². The summed E-state index contributed by atoms with van der Waals surface area (Å²) in [5, 5.41) is 11.8. The van der Waals surface area contributed by atoms with Crippen molar-refractivity contribution in [3.05, 3.63) is 65.9 Å². The average Bonchev–Trinajstić information content (AvgIpc) is 3.25. The summed E-state index contributed by atoms with van der Waals surface area (Å²) in [5.41, 5.74) is 1.69. The Morgan fingerprint density at radius 1 is 1.10 bits per heavy atom. The summed E-state index contributed by atoms with van der Waals surface area (Å²) in [6, 6.07) is 15.0. The van der Waals surface area contributed by atoms with Gasteiger partial charge in [-0.2, -0.15) is 0 Å². The predicted molar refractivity (Wildman–Crippen MR) is 110 cm³/mol. The van der Waals surface area contributed by atoms with Crippen molar-refractivity contribution in [3.8, 4) is 11.5 Å². The van der Waals surface area contributed by atoms with Crippen LogP contribution in [0.15, 0.2) is 60.4 Å². The number of unbranched alkanes of at least 4 members (excludes halogenated alkanes) is 1. The molecule has 7 nitrogen and oxygen atoms in total. The summed E-state index contributed by atoms with van der Waals surface area (Å²) >= 11 is 0. The second-order valence-electron chi connectivity index (χ2n) is 7.15. The van der Waals surface area contributed by atoms with Crippen molar-refractivity contribution in [3.63, 3.8) is 0 Å². The fourth-order valence-electron chi connectivity index (χ4n) is 3.44. The zero-order chi connectivity index (χ0) is 20.8. The Kier molecular flexibility index (Phi) is 6.51. The van der Waals surface area contributed by atoms with E-state index in [1.165, 1.54) is 0 Å². The topological polar surface area (TPSA) is 86.3 Å². The number of benzene rings is 2. The number of carbonyl (C=O) groups excluding carboxylic acids is 1. The standard InChI is InChI=1S/C23H25NO6/c25-10-4-5-11-27-22-14-17(16-8-9-19-20(12-16)29-15-28-19)13-21(30-22)23(26)24-18-6-2-1-3-7-18/h1-3,6-9,12-13,17,22,25H,4-5,10-11,14-15H2,(H,24,26)/t17-,22+/m0/s1. The fraction of sp³-hybridized carbons (Fsp3) is 0.348. The zero-order valence-electron chi connectivity index (χ0n) is 16.6. The first-order chi connectivity index (χ1) is 14.7. The van der Waals surface area contributed by atoms with Crippen molar-refractivity contribution < 1.29 is 28.8 Å². The van der Waals surface area contributed by atoms with Gasteiger partial charge >= 0.3 is 0 Å². The summed E-state index contributed by atoms with van der Waals surface area (Å²) in [6.07, 6.45) is 3.22. The quantitative estimate of drug-likeness (QED) is 0.646. The van der Waals surface area contributed by atoms with Crippen LogP contribution in [0.2, 0.25) is 0 Å². The molecule has 2 heterocycles. The van der Waals surface area contributed by atoms with Crippen molar-refractivity contribution in [1.82, 2.24) is 0 Å². The summed E-state index contributed by atoms with van der Waals surface area (Å²) in [5.74, 6) is 1.24. The minimum absolute atomic E-state index is 0.0763. The molecule has 0 saturated carbocycles. The molecule has 0 aliphatic carbocycles. The molecule has 0 aromatic heterocycles. The highest BCUT2D eigenvalue weighted by Crippen LogP contribution is 2.38. The average molecular weight is 411 g/mol. The minimum Gasteiger partial charge on any atom is -0.459 e. The highest BCUT2D eigenvalue weighted by Gasteiger charge is 2.29. The molecule has 0 unspecified atom stereocenters. The van der Waals surface area contributed by atoms with Crippen molar-refractivity contribution >= 4 is 11.6 Å². The van der Waals surface area contributed by atoms with Gasteiger partial charge in [-0.3, -0.25) is 4.79 Å². The van der Waals surface area contributed by atoms with Gasteiger partial charge in [0.05, 0.1) is 6.61 Å². The Hall–Kier alpha value is -3.03. The summed E-state index contributed by atoms with van der Waals surface area (Å²) in [4.78, 5) is 12.8. The van der Waals surface area contributed by atoms with Gasteiger partial charge in [-0.15, -0.1) is 0 Å². The van der Waals surface area contributed by atoms with E-state index in [1.807, 2.05) is 54.6 Å². The maximum absolute atomic E-state index is 12.8. The number of hydrogen-bond acceptors (Lipinski definition) is 6. The van der Waals surface area contributed by atoms with Gasteiger partial charge in [0.1, 0.15) is 0 Å². The van der Waals surface area contributed by atoms with E-state index >= 15 is 0 Å². The second-order valence-corrected chi connectivity index (χ2v) is 7.15. The van der Waals surface area contributed by atoms with Gasteiger partial charge in [0, 0.05) is 24.6 Å². The number of rotatable bonds is 8. The lowest BCUT2D eigenvalue weighted by Gasteiger charge is -2.29. The van der Waals surface area contributed by atoms with Gasteiger partial charge in [0.25, 0.3) is 5.91 Å². The highest BCUT2D eigenvalue weighted by molar-refractivity contribution is 6.02. The number of amides is 1. The number of hydrogen-bond donors (Lipinski definition) is 2. The molecular weight excluding hydrogens is 386 g/mol. The van der Waals surface area contributed by atoms with E-state index < -0.39 is 6.29 Å². The number of allylic oxidation sites excluding steroid dienone is 1. The van der Waals surface area contributed by atoms with Crippen LogP contribution in [0, 0.1) is 0 Å². The first-order valence-corrected chi connectivity index (χ1v) is 10.1. The molecule has 2 aromatic carbocycles. The molecule has 1 amide bonds. The first-order valence-electron chi connectivity index (χ1n) is 10.1. The number of aliphatic hydroxyl groups is 1. The lowest BCUT2D eigenvalue weighted by molar-refractivity contribution is -0.143. The molecule has 7 heteroatoms. The monoisotopic (exact) mass is 411 g/mol. The summed E-state index contributed by atoms with van der Waals surface area (Å²) < 4.78 is 22.6. The number of anilines is 1. The molecule has 2 atom stereocenters. The molecule has 2 N–H and O–H groups in total. The normalized spacial score (nSPS) is 19.7. The Morgan fingerprint density at radius 2 is 1.93 bits per heavy atom. The Labute approximate surface area is 175 Å². The molecule has 2 aliphatic rings. The highest BCUT2D eigenvalue weighted by atomic mass is 16.7. The Bertz CT molecular complexity index is 898. The van der Waals surface area contributed by atoms with Crippen molar-refractivity contribution in [2.45, 2.75) is 31.5 Å². The third-order valence-corrected chi connectivity index (χ3v) is 4.99. The summed E-state index contributed by atoms with van der Waals surface area (Å²) in [7, 11) is 0. The van der Waals surface area contributed by atoms with Crippen LogP contribution in [-0.4, -0.2) is 37.3 Å². The third kappa shape index (κ3) is 4.93. The van der Waals surface area contributed by atoms with E-state index in [9.17, 15) is 4.79 Å². The molecule has 0 radical (unpaired) electrons. The fourth-order valence-corrected chi connectivity index (χ4v) is 3.44. The smallest absolute Gasteiger partial charge is 0.290 e. The van der Waals surface area contributed by atoms with Crippen LogP contribution >= 0.6 is 0 Å². The van der Waals surface area contributed by atoms with Gasteiger partial charge in [-0.1, -0.05) is 24.3 Å². The predicted octanol–water partition coefficient (Wildman–Crippen LogP) is 3.56. The van der Waals surface area contributed by atoms with Crippen molar-refractivity contribution in [2.75, 3.05) is 25.3 Å². The van der Waals surface area contributed by atoms with Gasteiger partial charge in [0.2, 0.25) is 13.1 Å². The van der Waals surface area contributed by atoms with Gasteiger partial charge in [-0.05, 0) is 48.7 Å². The zero-order valence-corrected chi connectivity index (χ0v) is 16.6. The molecule has 0 fully saturated rings. The van der Waals surface area contributed by atoms with E-state index in [-0.39, 0.29) is 31.0 Å². The maximum Gasteiger partial charge on any atom is 0.290 e. The molecule has 0 spiro atoms. The van der Waals surface area contributed by atoms with Crippen LogP contribution in [0.5, 0.6) is 11.5 Å². The molecule has 0 bridgehead atoms. The molecule has 2 aliphatic heterocycles. The number of aliphatic hydroxyl groups excluding tert-OH is 1. The maximum atomic E-state index is 12.8. The molecule has 0 saturated heterocycles. The van der Waals surface area contributed by atoms with Gasteiger partial charge in [0.15, 0.2) is 17.3 Å². The number of fused-ring (bicyclic) bond motifs is 1.